The zero-order valence-corrected chi connectivity index (χ0v) is 13.6. The smallest absolute Gasteiger partial charge is 0.0575 e. The Bertz CT molecular complexity index is 158. The molecule has 1 aliphatic rings. The van der Waals surface area contributed by atoms with E-state index in [4.69, 9.17) is 4.74 Å². The summed E-state index contributed by atoms with van der Waals surface area (Å²) in [6.07, 6.45) is 18.5. The average molecular weight is 319 g/mol. The highest BCUT2D eigenvalue weighted by molar-refractivity contribution is 9.09. The maximum Gasteiger partial charge on any atom is 0.0575 e. The van der Waals surface area contributed by atoms with Gasteiger partial charge in [-0.3, -0.25) is 0 Å². The fourth-order valence-electron chi connectivity index (χ4n) is 2.74. The van der Waals surface area contributed by atoms with Crippen molar-refractivity contribution in [3.05, 3.63) is 0 Å². The molecule has 2 heteroatoms. The van der Waals surface area contributed by atoms with Gasteiger partial charge >= 0.3 is 0 Å². The van der Waals surface area contributed by atoms with Crippen LogP contribution in [0.2, 0.25) is 0 Å². The topological polar surface area (TPSA) is 9.23 Å². The maximum atomic E-state index is 6.07. The molecule has 0 bridgehead atoms. The van der Waals surface area contributed by atoms with Crippen LogP contribution in [0.15, 0.2) is 0 Å². The molecule has 0 aliphatic heterocycles. The maximum absolute atomic E-state index is 6.07. The van der Waals surface area contributed by atoms with E-state index >= 15 is 0 Å². The highest BCUT2D eigenvalue weighted by Crippen LogP contribution is 2.19. The fraction of sp³-hybridized carbons (Fsp3) is 1.00. The van der Waals surface area contributed by atoms with Gasteiger partial charge in [-0.25, -0.2) is 0 Å². The summed E-state index contributed by atoms with van der Waals surface area (Å²) < 4.78 is 6.07. The molecule has 0 saturated heterocycles. The van der Waals surface area contributed by atoms with Gasteiger partial charge in [0.2, 0.25) is 0 Å². The van der Waals surface area contributed by atoms with Crippen molar-refractivity contribution in [2.24, 2.45) is 0 Å². The molecule has 1 fully saturated rings. The van der Waals surface area contributed by atoms with Crippen molar-refractivity contribution >= 4 is 15.9 Å². The molecule has 0 aromatic heterocycles. The fourth-order valence-corrected chi connectivity index (χ4v) is 3.14. The lowest BCUT2D eigenvalue weighted by atomic mass is 9.99. The van der Waals surface area contributed by atoms with Gasteiger partial charge in [0, 0.05) is 11.9 Å². The third-order valence-electron chi connectivity index (χ3n) is 3.93. The standard InChI is InChI=1S/C16H31BrO/c17-14-10-11-15-18-16-12-8-6-4-2-1-3-5-7-9-13-16/h16H,1-15H2. The molecule has 0 unspecified atom stereocenters. The van der Waals surface area contributed by atoms with Gasteiger partial charge in [0.1, 0.15) is 0 Å². The van der Waals surface area contributed by atoms with Gasteiger partial charge in [-0.15, -0.1) is 0 Å². The molecule has 0 N–H and O–H groups in total. The van der Waals surface area contributed by atoms with Crippen LogP contribution in [-0.2, 0) is 4.74 Å². The minimum atomic E-state index is 0.555. The van der Waals surface area contributed by atoms with Crippen LogP contribution < -0.4 is 0 Å². The van der Waals surface area contributed by atoms with Gasteiger partial charge in [-0.2, -0.15) is 0 Å². The van der Waals surface area contributed by atoms with E-state index in [9.17, 15) is 0 Å². The van der Waals surface area contributed by atoms with Crippen LogP contribution in [0, 0.1) is 0 Å². The van der Waals surface area contributed by atoms with E-state index in [0.717, 1.165) is 11.9 Å². The number of unbranched alkanes of at least 4 members (excludes halogenated alkanes) is 1. The highest BCUT2D eigenvalue weighted by atomic mass is 79.9. The van der Waals surface area contributed by atoms with E-state index in [0.29, 0.717) is 6.10 Å². The number of hydrogen-bond acceptors (Lipinski definition) is 1. The lowest BCUT2D eigenvalue weighted by molar-refractivity contribution is 0.0364. The monoisotopic (exact) mass is 318 g/mol. The SMILES string of the molecule is BrCCCCOC1CCCCCCCCCCC1. The third-order valence-corrected chi connectivity index (χ3v) is 4.49. The highest BCUT2D eigenvalue weighted by Gasteiger charge is 2.09. The summed E-state index contributed by atoms with van der Waals surface area (Å²) in [7, 11) is 0. The van der Waals surface area contributed by atoms with Crippen molar-refractivity contribution < 1.29 is 4.74 Å². The number of halogens is 1. The van der Waals surface area contributed by atoms with Crippen molar-refractivity contribution in [2.45, 2.75) is 89.6 Å². The minimum absolute atomic E-state index is 0.555. The zero-order valence-electron chi connectivity index (χ0n) is 12.0. The first-order valence-electron chi connectivity index (χ1n) is 8.11. The van der Waals surface area contributed by atoms with E-state index in [1.807, 2.05) is 0 Å². The Morgan fingerprint density at radius 3 is 1.72 bits per heavy atom. The number of rotatable bonds is 5. The largest absolute Gasteiger partial charge is 0.378 e. The van der Waals surface area contributed by atoms with Crippen LogP contribution in [0.1, 0.15) is 83.5 Å². The van der Waals surface area contributed by atoms with Gasteiger partial charge in [0.15, 0.2) is 0 Å². The second-order valence-electron chi connectivity index (χ2n) is 5.65. The van der Waals surface area contributed by atoms with Gasteiger partial charge < -0.3 is 4.74 Å². The zero-order chi connectivity index (χ0) is 12.9. The molecular formula is C16H31BrO. The molecule has 0 aromatic rings. The first kappa shape index (κ1) is 16.5. The summed E-state index contributed by atoms with van der Waals surface area (Å²) in [5.41, 5.74) is 0. The van der Waals surface area contributed by atoms with E-state index in [-0.39, 0.29) is 0 Å². The van der Waals surface area contributed by atoms with Crippen LogP contribution in [0.4, 0.5) is 0 Å². The Morgan fingerprint density at radius 1 is 0.722 bits per heavy atom. The van der Waals surface area contributed by atoms with Gasteiger partial charge in [0.05, 0.1) is 6.10 Å². The number of hydrogen-bond donors (Lipinski definition) is 0. The van der Waals surface area contributed by atoms with E-state index in [1.54, 1.807) is 0 Å². The Kier molecular flexibility index (Phi) is 11.4. The van der Waals surface area contributed by atoms with Crippen LogP contribution >= 0.6 is 15.9 Å². The molecule has 0 heterocycles. The molecule has 1 rings (SSSR count). The van der Waals surface area contributed by atoms with Crippen molar-refractivity contribution in [1.82, 2.24) is 0 Å². The van der Waals surface area contributed by atoms with Crippen LogP contribution in [0.25, 0.3) is 0 Å². The van der Waals surface area contributed by atoms with Crippen molar-refractivity contribution in [3.63, 3.8) is 0 Å². The molecular weight excluding hydrogens is 288 g/mol. The van der Waals surface area contributed by atoms with Crippen molar-refractivity contribution in [3.8, 4) is 0 Å². The molecule has 1 saturated carbocycles. The lowest BCUT2D eigenvalue weighted by Crippen LogP contribution is -2.14. The van der Waals surface area contributed by atoms with Crippen molar-refractivity contribution in [2.75, 3.05) is 11.9 Å². The first-order chi connectivity index (χ1) is 8.93. The molecule has 0 radical (unpaired) electrons. The Balaban J connectivity index is 2.14. The van der Waals surface area contributed by atoms with E-state index in [2.05, 4.69) is 15.9 Å². The summed E-state index contributed by atoms with van der Waals surface area (Å²) in [6.45, 7) is 0.969. The molecule has 0 amide bonds. The van der Waals surface area contributed by atoms with Crippen LogP contribution in [-0.4, -0.2) is 18.0 Å². The van der Waals surface area contributed by atoms with Crippen LogP contribution in [0.3, 0.4) is 0 Å². The van der Waals surface area contributed by atoms with E-state index in [1.165, 1.54) is 83.5 Å². The molecule has 1 nitrogen and oxygen atoms in total. The summed E-state index contributed by atoms with van der Waals surface area (Å²) in [4.78, 5) is 0. The Labute approximate surface area is 122 Å². The second-order valence-corrected chi connectivity index (χ2v) is 6.44. The molecule has 18 heavy (non-hydrogen) atoms. The van der Waals surface area contributed by atoms with Gasteiger partial charge in [-0.1, -0.05) is 73.7 Å². The summed E-state index contributed by atoms with van der Waals surface area (Å²) in [5, 5.41) is 1.11. The lowest BCUT2D eigenvalue weighted by Gasteiger charge is -2.18. The second kappa shape index (κ2) is 12.5. The molecule has 0 atom stereocenters. The molecule has 108 valence electrons. The van der Waals surface area contributed by atoms with E-state index < -0.39 is 0 Å². The number of ether oxygens (including phenoxy) is 1. The van der Waals surface area contributed by atoms with Gasteiger partial charge in [-0.05, 0) is 25.7 Å². The van der Waals surface area contributed by atoms with Crippen LogP contribution in [0.5, 0.6) is 0 Å². The average Bonchev–Trinajstić information content (AvgIpc) is 2.37. The summed E-state index contributed by atoms with van der Waals surface area (Å²) in [6, 6.07) is 0. The predicted octanol–water partition coefficient (Wildman–Crippen LogP) is 5.85. The first-order valence-corrected chi connectivity index (χ1v) is 9.23. The summed E-state index contributed by atoms with van der Waals surface area (Å²) >= 11 is 3.48. The predicted molar refractivity (Wildman–Crippen MR) is 83.6 cm³/mol. The number of alkyl halides is 1. The van der Waals surface area contributed by atoms with Crippen molar-refractivity contribution in [1.29, 1.82) is 0 Å². The minimum Gasteiger partial charge on any atom is -0.378 e. The quantitative estimate of drug-likeness (QED) is 0.456. The Hall–Kier alpha value is 0.440. The molecule has 1 aliphatic carbocycles. The van der Waals surface area contributed by atoms with Gasteiger partial charge in [0.25, 0.3) is 0 Å². The summed E-state index contributed by atoms with van der Waals surface area (Å²) in [5.74, 6) is 0. The third kappa shape index (κ3) is 9.38. The molecule has 0 aromatic carbocycles. The Morgan fingerprint density at radius 2 is 1.22 bits per heavy atom. The molecule has 0 spiro atoms. The normalized spacial score (nSPS) is 21.2.